The smallest absolute Gasteiger partial charge is 0.329 e. The highest BCUT2D eigenvalue weighted by atomic mass is 19.1. The molecule has 3 amide bonds. The molecule has 0 atom stereocenters. The molecule has 5 nitrogen and oxygen atoms in total. The SMILES string of the molecule is O=C1N/C(=C\c2ccc(-c3ccc(F)cc3)o2)C(=O)N1Cc1ccccc1. The van der Waals surface area contributed by atoms with Crippen LogP contribution in [0.4, 0.5) is 9.18 Å². The van der Waals surface area contributed by atoms with Crippen LogP contribution in [0.5, 0.6) is 0 Å². The molecule has 134 valence electrons. The van der Waals surface area contributed by atoms with Crippen molar-refractivity contribution in [1.82, 2.24) is 10.2 Å². The molecule has 2 heterocycles. The zero-order valence-electron chi connectivity index (χ0n) is 14.2. The highest BCUT2D eigenvalue weighted by Crippen LogP contribution is 2.24. The number of carbonyl (C=O) groups excluding carboxylic acids is 2. The Hall–Kier alpha value is -3.67. The third-order valence-electron chi connectivity index (χ3n) is 4.19. The molecule has 4 rings (SSSR count). The van der Waals surface area contributed by atoms with Gasteiger partial charge < -0.3 is 9.73 Å². The molecular weight excluding hydrogens is 347 g/mol. The van der Waals surface area contributed by atoms with Crippen molar-refractivity contribution in [1.29, 1.82) is 0 Å². The Morgan fingerprint density at radius 1 is 0.963 bits per heavy atom. The maximum atomic E-state index is 13.0. The van der Waals surface area contributed by atoms with Gasteiger partial charge >= 0.3 is 6.03 Å². The summed E-state index contributed by atoms with van der Waals surface area (Å²) in [4.78, 5) is 25.8. The van der Waals surface area contributed by atoms with Gasteiger partial charge in [0, 0.05) is 11.6 Å². The normalized spacial score (nSPS) is 15.4. The summed E-state index contributed by atoms with van der Waals surface area (Å²) in [6.45, 7) is 0.196. The maximum Gasteiger partial charge on any atom is 0.329 e. The number of hydrogen-bond acceptors (Lipinski definition) is 3. The van der Waals surface area contributed by atoms with Gasteiger partial charge in [-0.25, -0.2) is 9.18 Å². The van der Waals surface area contributed by atoms with E-state index >= 15 is 0 Å². The summed E-state index contributed by atoms with van der Waals surface area (Å²) >= 11 is 0. The van der Waals surface area contributed by atoms with Gasteiger partial charge in [-0.3, -0.25) is 9.69 Å². The number of urea groups is 1. The minimum Gasteiger partial charge on any atom is -0.457 e. The van der Waals surface area contributed by atoms with Crippen LogP contribution in [0.3, 0.4) is 0 Å². The Morgan fingerprint density at radius 2 is 1.70 bits per heavy atom. The van der Waals surface area contributed by atoms with Crippen molar-refractivity contribution in [3.05, 3.63) is 89.6 Å². The molecule has 1 aromatic heterocycles. The summed E-state index contributed by atoms with van der Waals surface area (Å²) in [5.74, 6) is 0.216. The fourth-order valence-corrected chi connectivity index (χ4v) is 2.82. The van der Waals surface area contributed by atoms with E-state index in [1.165, 1.54) is 18.2 Å². The summed E-state index contributed by atoms with van der Waals surface area (Å²) in [5.41, 5.74) is 1.73. The lowest BCUT2D eigenvalue weighted by Crippen LogP contribution is -2.30. The molecule has 1 aliphatic rings. The van der Waals surface area contributed by atoms with Crippen molar-refractivity contribution in [2.45, 2.75) is 6.54 Å². The van der Waals surface area contributed by atoms with Gasteiger partial charge in [-0.1, -0.05) is 30.3 Å². The van der Waals surface area contributed by atoms with E-state index in [0.717, 1.165) is 10.5 Å². The molecule has 2 aromatic carbocycles. The predicted octanol–water partition coefficient (Wildman–Crippen LogP) is 4.18. The second kappa shape index (κ2) is 6.92. The number of halogens is 1. The van der Waals surface area contributed by atoms with Crippen LogP contribution in [-0.2, 0) is 11.3 Å². The minimum absolute atomic E-state index is 0.149. The third kappa shape index (κ3) is 3.50. The molecule has 6 heteroatoms. The van der Waals surface area contributed by atoms with Crippen molar-refractivity contribution in [2.24, 2.45) is 0 Å². The second-order valence-corrected chi connectivity index (χ2v) is 6.07. The van der Waals surface area contributed by atoms with Gasteiger partial charge in [0.1, 0.15) is 23.0 Å². The number of carbonyl (C=O) groups is 2. The van der Waals surface area contributed by atoms with Crippen molar-refractivity contribution in [3.63, 3.8) is 0 Å². The standard InChI is InChI=1S/C21H15FN2O3/c22-16-8-6-15(7-9-16)19-11-10-17(27-19)12-18-20(25)24(21(26)23-18)13-14-4-2-1-3-5-14/h1-12H,13H2,(H,23,26)/b18-12-. The average molecular weight is 362 g/mol. The molecule has 27 heavy (non-hydrogen) atoms. The largest absolute Gasteiger partial charge is 0.457 e. The monoisotopic (exact) mass is 362 g/mol. The number of rotatable bonds is 4. The van der Waals surface area contributed by atoms with Crippen LogP contribution in [0, 0.1) is 5.82 Å². The van der Waals surface area contributed by atoms with Crippen LogP contribution in [0.15, 0.2) is 76.8 Å². The molecule has 0 bridgehead atoms. The first-order valence-corrected chi connectivity index (χ1v) is 8.34. The Kier molecular flexibility index (Phi) is 4.30. The lowest BCUT2D eigenvalue weighted by atomic mass is 10.2. The fourth-order valence-electron chi connectivity index (χ4n) is 2.82. The van der Waals surface area contributed by atoms with Crippen LogP contribution in [0.25, 0.3) is 17.4 Å². The number of nitrogens with zero attached hydrogens (tertiary/aromatic N) is 1. The van der Waals surface area contributed by atoms with Crippen LogP contribution >= 0.6 is 0 Å². The minimum atomic E-state index is -0.472. The summed E-state index contributed by atoms with van der Waals surface area (Å²) in [7, 11) is 0. The Balaban J connectivity index is 1.53. The van der Waals surface area contributed by atoms with Crippen molar-refractivity contribution < 1.29 is 18.4 Å². The molecule has 1 aliphatic heterocycles. The first-order chi connectivity index (χ1) is 13.1. The number of furan rings is 1. The van der Waals surface area contributed by atoms with E-state index < -0.39 is 11.9 Å². The summed E-state index contributed by atoms with van der Waals surface area (Å²) in [6.07, 6.45) is 1.48. The Labute approximate surface area is 154 Å². The van der Waals surface area contributed by atoms with Crippen LogP contribution < -0.4 is 5.32 Å². The van der Waals surface area contributed by atoms with Crippen LogP contribution in [0.1, 0.15) is 11.3 Å². The van der Waals surface area contributed by atoms with Crippen molar-refractivity contribution >= 4 is 18.0 Å². The molecule has 0 radical (unpaired) electrons. The summed E-state index contributed by atoms with van der Waals surface area (Å²) < 4.78 is 18.7. The van der Waals surface area contributed by atoms with Gasteiger partial charge in [0.25, 0.3) is 5.91 Å². The van der Waals surface area contributed by atoms with E-state index in [9.17, 15) is 14.0 Å². The van der Waals surface area contributed by atoms with E-state index in [0.29, 0.717) is 17.1 Å². The predicted molar refractivity (Wildman–Crippen MR) is 97.6 cm³/mol. The lowest BCUT2D eigenvalue weighted by molar-refractivity contribution is -0.123. The summed E-state index contributed by atoms with van der Waals surface area (Å²) in [6, 6.07) is 18.1. The van der Waals surface area contributed by atoms with Crippen molar-refractivity contribution in [2.75, 3.05) is 0 Å². The average Bonchev–Trinajstić information content (AvgIpc) is 3.24. The molecule has 0 aliphatic carbocycles. The maximum absolute atomic E-state index is 13.0. The molecular formula is C21H15FN2O3. The van der Waals surface area contributed by atoms with E-state index in [1.807, 2.05) is 30.3 Å². The van der Waals surface area contributed by atoms with E-state index in [-0.39, 0.29) is 18.1 Å². The van der Waals surface area contributed by atoms with Gasteiger partial charge in [-0.15, -0.1) is 0 Å². The number of hydrogen-bond donors (Lipinski definition) is 1. The van der Waals surface area contributed by atoms with E-state index in [4.69, 9.17) is 4.42 Å². The zero-order chi connectivity index (χ0) is 18.8. The highest BCUT2D eigenvalue weighted by molar-refractivity contribution is 6.13. The van der Waals surface area contributed by atoms with E-state index in [1.54, 1.807) is 24.3 Å². The van der Waals surface area contributed by atoms with Gasteiger partial charge in [0.15, 0.2) is 0 Å². The molecule has 3 aromatic rings. The molecule has 0 spiro atoms. The number of nitrogens with one attached hydrogen (secondary N) is 1. The van der Waals surface area contributed by atoms with Crippen molar-refractivity contribution in [3.8, 4) is 11.3 Å². The van der Waals surface area contributed by atoms with E-state index in [2.05, 4.69) is 5.32 Å². The molecule has 1 saturated heterocycles. The number of amides is 3. The van der Waals surface area contributed by atoms with Gasteiger partial charge in [0.2, 0.25) is 0 Å². The fraction of sp³-hybridized carbons (Fsp3) is 0.0476. The third-order valence-corrected chi connectivity index (χ3v) is 4.19. The number of imide groups is 1. The molecule has 0 unspecified atom stereocenters. The first-order valence-electron chi connectivity index (χ1n) is 8.34. The highest BCUT2D eigenvalue weighted by Gasteiger charge is 2.33. The van der Waals surface area contributed by atoms with Gasteiger partial charge in [0.05, 0.1) is 6.54 Å². The second-order valence-electron chi connectivity index (χ2n) is 6.07. The van der Waals surface area contributed by atoms with Crippen LogP contribution in [-0.4, -0.2) is 16.8 Å². The van der Waals surface area contributed by atoms with Gasteiger partial charge in [-0.05, 0) is 42.0 Å². The van der Waals surface area contributed by atoms with Crippen LogP contribution in [0.2, 0.25) is 0 Å². The molecule has 0 saturated carbocycles. The zero-order valence-corrected chi connectivity index (χ0v) is 14.2. The molecule has 1 fully saturated rings. The Bertz CT molecular complexity index is 1020. The van der Waals surface area contributed by atoms with Gasteiger partial charge in [-0.2, -0.15) is 0 Å². The molecule has 1 N–H and O–H groups in total. The first kappa shape index (κ1) is 16.8. The topological polar surface area (TPSA) is 62.6 Å². The lowest BCUT2D eigenvalue weighted by Gasteiger charge is -2.11. The summed E-state index contributed by atoms with van der Waals surface area (Å²) in [5, 5.41) is 2.57. The number of benzene rings is 2. The Morgan fingerprint density at radius 3 is 2.44 bits per heavy atom. The quantitative estimate of drug-likeness (QED) is 0.559.